The van der Waals surface area contributed by atoms with Gasteiger partial charge in [0.15, 0.2) is 0 Å². The molecule has 1 unspecified atom stereocenters. The van der Waals surface area contributed by atoms with Crippen molar-refractivity contribution in [3.8, 4) is 0 Å². The van der Waals surface area contributed by atoms with Gasteiger partial charge in [0, 0.05) is 5.56 Å². The molecule has 0 aliphatic carbocycles. The number of nitrogens with one attached hydrogen (secondary N) is 1. The summed E-state index contributed by atoms with van der Waals surface area (Å²) in [5, 5.41) is 0. The van der Waals surface area contributed by atoms with Gasteiger partial charge in [-0.2, -0.15) is 0 Å². The van der Waals surface area contributed by atoms with E-state index in [4.69, 9.17) is 10.3 Å². The maximum absolute atomic E-state index is 5.58. The Bertz CT molecular complexity index is 651. The van der Waals surface area contributed by atoms with Crippen molar-refractivity contribution >= 4 is 11.0 Å². The van der Waals surface area contributed by atoms with E-state index in [2.05, 4.69) is 15.4 Å². The van der Waals surface area contributed by atoms with Gasteiger partial charge in [-0.25, -0.2) is 10.4 Å². The van der Waals surface area contributed by atoms with Crippen LogP contribution in [0.1, 0.15) is 17.3 Å². The van der Waals surface area contributed by atoms with Gasteiger partial charge in [0.1, 0.15) is 0 Å². The second-order valence-corrected chi connectivity index (χ2v) is 3.94. The second kappa shape index (κ2) is 4.56. The van der Waals surface area contributed by atoms with E-state index in [1.165, 1.54) is 0 Å². The number of hydrogen-bond acceptors (Lipinski definition) is 5. The molecule has 2 aromatic heterocycles. The van der Waals surface area contributed by atoms with Gasteiger partial charge >= 0.3 is 0 Å². The Morgan fingerprint density at radius 3 is 2.72 bits per heavy atom. The predicted molar refractivity (Wildman–Crippen MR) is 67.4 cm³/mol. The van der Waals surface area contributed by atoms with Gasteiger partial charge in [0.05, 0.1) is 41.5 Å². The van der Waals surface area contributed by atoms with Crippen LogP contribution in [0.2, 0.25) is 0 Å². The highest BCUT2D eigenvalue weighted by Crippen LogP contribution is 2.21. The number of hydrazine groups is 1. The number of aromatic nitrogens is 2. The van der Waals surface area contributed by atoms with Gasteiger partial charge in [0.2, 0.25) is 0 Å². The highest BCUT2D eigenvalue weighted by atomic mass is 16.3. The molecule has 0 amide bonds. The second-order valence-electron chi connectivity index (χ2n) is 3.94. The van der Waals surface area contributed by atoms with Crippen molar-refractivity contribution in [1.29, 1.82) is 0 Å². The van der Waals surface area contributed by atoms with Crippen LogP contribution in [0.25, 0.3) is 11.0 Å². The van der Waals surface area contributed by atoms with Gasteiger partial charge in [-0.1, -0.05) is 12.1 Å². The van der Waals surface area contributed by atoms with E-state index in [-0.39, 0.29) is 6.04 Å². The summed E-state index contributed by atoms with van der Waals surface area (Å²) < 4.78 is 5.06. The van der Waals surface area contributed by atoms with Gasteiger partial charge in [-0.3, -0.25) is 10.8 Å². The summed E-state index contributed by atoms with van der Waals surface area (Å²) in [5.41, 5.74) is 6.11. The lowest BCUT2D eigenvalue weighted by molar-refractivity contribution is 0.551. The Hall–Kier alpha value is -2.24. The molecule has 0 saturated carbocycles. The number of para-hydroxylation sites is 2. The molecule has 0 fully saturated rings. The number of furan rings is 1. The molecule has 0 aliphatic heterocycles. The van der Waals surface area contributed by atoms with E-state index in [1.807, 2.05) is 30.3 Å². The third-order valence-corrected chi connectivity index (χ3v) is 2.81. The normalized spacial score (nSPS) is 12.7. The number of nitrogens with two attached hydrogens (primary N) is 1. The zero-order valence-corrected chi connectivity index (χ0v) is 9.58. The molecule has 90 valence electrons. The molecule has 0 bridgehead atoms. The summed E-state index contributed by atoms with van der Waals surface area (Å²) in [7, 11) is 0. The molecule has 2 heterocycles. The van der Waals surface area contributed by atoms with E-state index in [9.17, 15) is 0 Å². The highest BCUT2D eigenvalue weighted by Gasteiger charge is 2.15. The van der Waals surface area contributed by atoms with Crippen LogP contribution in [0.4, 0.5) is 0 Å². The first-order valence-electron chi connectivity index (χ1n) is 5.58. The van der Waals surface area contributed by atoms with Crippen molar-refractivity contribution in [2.75, 3.05) is 0 Å². The zero-order chi connectivity index (χ0) is 12.4. The molecular weight excluding hydrogens is 228 g/mol. The highest BCUT2D eigenvalue weighted by molar-refractivity contribution is 5.73. The molecule has 3 N–H and O–H groups in total. The van der Waals surface area contributed by atoms with Crippen LogP contribution in [0, 0.1) is 0 Å². The molecule has 3 rings (SSSR count). The largest absolute Gasteiger partial charge is 0.472 e. The molecule has 1 atom stereocenters. The van der Waals surface area contributed by atoms with Crippen LogP contribution in [0.5, 0.6) is 0 Å². The minimum Gasteiger partial charge on any atom is -0.472 e. The molecule has 1 aromatic carbocycles. The average Bonchev–Trinajstić information content (AvgIpc) is 2.93. The lowest BCUT2D eigenvalue weighted by Crippen LogP contribution is -2.29. The fourth-order valence-corrected chi connectivity index (χ4v) is 1.90. The van der Waals surface area contributed by atoms with Crippen molar-refractivity contribution in [1.82, 2.24) is 15.4 Å². The van der Waals surface area contributed by atoms with E-state index in [0.29, 0.717) is 0 Å². The summed E-state index contributed by atoms with van der Waals surface area (Å²) >= 11 is 0. The summed E-state index contributed by atoms with van der Waals surface area (Å²) in [6.07, 6.45) is 4.97. The van der Waals surface area contributed by atoms with E-state index < -0.39 is 0 Å². The summed E-state index contributed by atoms with van der Waals surface area (Å²) in [4.78, 5) is 8.93. The Morgan fingerprint density at radius 2 is 2.00 bits per heavy atom. The molecule has 5 nitrogen and oxygen atoms in total. The van der Waals surface area contributed by atoms with Crippen LogP contribution >= 0.6 is 0 Å². The SMILES string of the molecule is NNC(c1ccoc1)c1cnc2ccccc2n1. The zero-order valence-electron chi connectivity index (χ0n) is 9.58. The van der Waals surface area contributed by atoms with Crippen molar-refractivity contribution in [2.45, 2.75) is 6.04 Å². The lowest BCUT2D eigenvalue weighted by Gasteiger charge is -2.13. The Labute approximate surface area is 104 Å². The van der Waals surface area contributed by atoms with Gasteiger partial charge in [-0.05, 0) is 18.2 Å². The van der Waals surface area contributed by atoms with Crippen LogP contribution in [0.3, 0.4) is 0 Å². The minimum absolute atomic E-state index is 0.221. The lowest BCUT2D eigenvalue weighted by atomic mass is 10.1. The third kappa shape index (κ3) is 1.85. The van der Waals surface area contributed by atoms with Crippen LogP contribution < -0.4 is 11.3 Å². The molecule has 0 spiro atoms. The number of rotatable bonds is 3. The van der Waals surface area contributed by atoms with Gasteiger partial charge < -0.3 is 4.42 Å². The Morgan fingerprint density at radius 1 is 1.17 bits per heavy atom. The summed E-state index contributed by atoms with van der Waals surface area (Å²) in [6.45, 7) is 0. The first kappa shape index (κ1) is 10.9. The first-order chi connectivity index (χ1) is 8.88. The van der Waals surface area contributed by atoms with Crippen LogP contribution in [0.15, 0.2) is 53.5 Å². The molecule has 0 radical (unpaired) electrons. The fourth-order valence-electron chi connectivity index (χ4n) is 1.90. The molecule has 18 heavy (non-hydrogen) atoms. The molecule has 0 saturated heterocycles. The number of nitrogens with zero attached hydrogens (tertiary/aromatic N) is 2. The average molecular weight is 240 g/mol. The maximum atomic E-state index is 5.58. The molecular formula is C13H12N4O. The monoisotopic (exact) mass is 240 g/mol. The van der Waals surface area contributed by atoms with Crippen molar-refractivity contribution in [3.05, 3.63) is 60.3 Å². The van der Waals surface area contributed by atoms with Crippen molar-refractivity contribution in [2.24, 2.45) is 5.84 Å². The number of benzene rings is 1. The minimum atomic E-state index is -0.221. The fraction of sp³-hybridized carbons (Fsp3) is 0.0769. The van der Waals surface area contributed by atoms with Crippen molar-refractivity contribution < 1.29 is 4.42 Å². The van der Waals surface area contributed by atoms with Crippen molar-refractivity contribution in [3.63, 3.8) is 0 Å². The first-order valence-corrected chi connectivity index (χ1v) is 5.58. The Balaban J connectivity index is 2.07. The quantitative estimate of drug-likeness (QED) is 0.539. The van der Waals surface area contributed by atoms with E-state index in [0.717, 1.165) is 22.3 Å². The summed E-state index contributed by atoms with van der Waals surface area (Å²) in [6, 6.07) is 9.35. The van der Waals surface area contributed by atoms with Gasteiger partial charge in [0.25, 0.3) is 0 Å². The molecule has 5 heteroatoms. The van der Waals surface area contributed by atoms with E-state index >= 15 is 0 Å². The predicted octanol–water partition coefficient (Wildman–Crippen LogP) is 1.78. The smallest absolute Gasteiger partial charge is 0.0954 e. The van der Waals surface area contributed by atoms with E-state index in [1.54, 1.807) is 18.7 Å². The standard InChI is InChI=1S/C13H12N4O/c14-17-13(9-5-6-18-8-9)12-7-15-10-3-1-2-4-11(10)16-12/h1-8,13,17H,14H2. The van der Waals surface area contributed by atoms with Crippen LogP contribution in [-0.4, -0.2) is 9.97 Å². The van der Waals surface area contributed by atoms with Gasteiger partial charge in [-0.15, -0.1) is 0 Å². The van der Waals surface area contributed by atoms with Crippen LogP contribution in [-0.2, 0) is 0 Å². The number of fused-ring (bicyclic) bond motifs is 1. The Kier molecular flexibility index (Phi) is 2.76. The number of hydrogen-bond donors (Lipinski definition) is 2. The third-order valence-electron chi connectivity index (χ3n) is 2.81. The topological polar surface area (TPSA) is 77.0 Å². The summed E-state index contributed by atoms with van der Waals surface area (Å²) in [5.74, 6) is 5.58. The maximum Gasteiger partial charge on any atom is 0.0954 e. The molecule has 3 aromatic rings. The molecule has 0 aliphatic rings.